The molecule has 0 atom stereocenters. The number of hydrogen-bond donors (Lipinski definition) is 1. The first kappa shape index (κ1) is 18.4. The zero-order chi connectivity index (χ0) is 11.4. The minimum Gasteiger partial charge on any atom is -0.432 e. The molecule has 0 unspecified atom stereocenters. The van der Waals surface area contributed by atoms with E-state index in [1.165, 1.54) is 0 Å². The van der Waals surface area contributed by atoms with Crippen LogP contribution in [0.5, 0.6) is 0 Å². The molecule has 0 aromatic rings. The second-order valence-corrected chi connectivity index (χ2v) is 9.69. The van der Waals surface area contributed by atoms with Gasteiger partial charge >= 0.3 is 0 Å². The van der Waals surface area contributed by atoms with Crippen molar-refractivity contribution >= 4 is 8.32 Å². The third kappa shape index (κ3) is 9.96. The van der Waals surface area contributed by atoms with Gasteiger partial charge in [0.25, 0.3) is 0 Å². The van der Waals surface area contributed by atoms with Crippen molar-refractivity contribution in [1.82, 2.24) is 0 Å². The maximum absolute atomic E-state index is 10.7. The maximum Gasteiger partial charge on any atom is 0.189 e. The van der Waals surface area contributed by atoms with Crippen molar-refractivity contribution in [3.63, 3.8) is 0 Å². The van der Waals surface area contributed by atoms with Crippen LogP contribution in [0, 0.1) is 17.8 Å². The van der Waals surface area contributed by atoms with E-state index in [2.05, 4.69) is 41.5 Å². The quantitative estimate of drug-likeness (QED) is 0.738. The third-order valence-electron chi connectivity index (χ3n) is 2.36. The molecule has 1 nitrogen and oxygen atoms in total. The molecule has 0 aliphatic heterocycles. The summed E-state index contributed by atoms with van der Waals surface area (Å²) in [4.78, 5) is 10.7. The van der Waals surface area contributed by atoms with Gasteiger partial charge in [0, 0.05) is 26.2 Å². The minimum atomic E-state index is -1.94. The molecule has 0 fully saturated rings. The fraction of sp³-hybridized carbons (Fsp3) is 1.00. The molecule has 0 spiro atoms. The smallest absolute Gasteiger partial charge is 0.189 e. The Bertz CT molecular complexity index is 131. The summed E-state index contributed by atoms with van der Waals surface area (Å²) >= 11 is 0. The van der Waals surface area contributed by atoms with Gasteiger partial charge in [-0.15, -0.1) is 0 Å². The van der Waals surface area contributed by atoms with Gasteiger partial charge in [0.1, 0.15) is 0 Å². The molecule has 0 saturated carbocycles. The van der Waals surface area contributed by atoms with Gasteiger partial charge in [0.05, 0.1) is 0 Å². The first-order valence-electron chi connectivity index (χ1n) is 5.97. The van der Waals surface area contributed by atoms with E-state index in [9.17, 15) is 4.80 Å². The minimum absolute atomic E-state index is 0. The summed E-state index contributed by atoms with van der Waals surface area (Å²) in [6.07, 6.45) is 0. The first-order chi connectivity index (χ1) is 6.25. The van der Waals surface area contributed by atoms with Gasteiger partial charge < -0.3 is 4.80 Å². The second kappa shape index (κ2) is 8.20. The Labute approximate surface area is 116 Å². The van der Waals surface area contributed by atoms with Gasteiger partial charge in [-0.2, -0.15) is 0 Å². The van der Waals surface area contributed by atoms with Crippen molar-refractivity contribution in [2.75, 3.05) is 0 Å². The monoisotopic (exact) mass is 306 g/mol. The molecule has 0 radical (unpaired) electrons. The van der Waals surface area contributed by atoms with Crippen LogP contribution in [0.25, 0.3) is 0 Å². The average molecular weight is 308 g/mol. The van der Waals surface area contributed by atoms with E-state index in [1.807, 2.05) is 0 Å². The summed E-state index contributed by atoms with van der Waals surface area (Å²) in [5.74, 6) is 1.93. The van der Waals surface area contributed by atoms with Crippen LogP contribution < -0.4 is 0 Å². The molecule has 0 aliphatic carbocycles. The summed E-state index contributed by atoms with van der Waals surface area (Å²) in [6.45, 7) is 13.3. The van der Waals surface area contributed by atoms with Crippen LogP contribution in [0.1, 0.15) is 41.5 Å². The molecule has 0 amide bonds. The molecule has 0 aromatic carbocycles. The van der Waals surface area contributed by atoms with Crippen molar-refractivity contribution in [3.05, 3.63) is 0 Å². The Morgan fingerprint density at radius 3 is 1.07 bits per heavy atom. The van der Waals surface area contributed by atoms with Crippen LogP contribution in [-0.4, -0.2) is 13.1 Å². The van der Waals surface area contributed by atoms with Crippen LogP contribution in [0.3, 0.4) is 0 Å². The molecule has 15 heavy (non-hydrogen) atoms. The van der Waals surface area contributed by atoms with Gasteiger partial charge in [-0.25, -0.2) is 0 Å². The van der Waals surface area contributed by atoms with Crippen LogP contribution in [0.15, 0.2) is 0 Å². The topological polar surface area (TPSA) is 20.2 Å². The fourth-order valence-electron chi connectivity index (χ4n) is 2.53. The molecule has 3 heteroatoms. The fourth-order valence-corrected chi connectivity index (χ4v) is 7.59. The zero-order valence-electron chi connectivity index (χ0n) is 11.3. The Kier molecular flexibility index (Phi) is 10.1. The Balaban J connectivity index is 0. The molecular weight excluding hydrogens is 279 g/mol. The van der Waals surface area contributed by atoms with E-state index < -0.39 is 8.32 Å². The molecular formula is C12H28OSiZr. The van der Waals surface area contributed by atoms with E-state index in [4.69, 9.17) is 0 Å². The van der Waals surface area contributed by atoms with Gasteiger partial charge in [-0.05, 0) is 35.9 Å². The number of hydrogen-bond acceptors (Lipinski definition) is 1. The zero-order valence-corrected chi connectivity index (χ0v) is 14.8. The molecule has 0 aliphatic rings. The molecule has 0 aromatic heterocycles. The van der Waals surface area contributed by atoms with Gasteiger partial charge in [-0.3, -0.25) is 0 Å². The van der Waals surface area contributed by atoms with Gasteiger partial charge in [-0.1, -0.05) is 41.5 Å². The van der Waals surface area contributed by atoms with Crippen molar-refractivity contribution < 1.29 is 31.0 Å². The van der Waals surface area contributed by atoms with E-state index in [0.717, 1.165) is 18.1 Å². The average Bonchev–Trinajstić information content (AvgIpc) is 1.76. The molecule has 0 heterocycles. The van der Waals surface area contributed by atoms with Crippen LogP contribution in [0.4, 0.5) is 0 Å². The third-order valence-corrected chi connectivity index (χ3v) is 7.09. The predicted octanol–water partition coefficient (Wildman–Crippen LogP) is 3.89. The SMILES string of the molecule is CC(C)C[Si](O)(CC(C)C)CC(C)C.[Zr]. The summed E-state index contributed by atoms with van der Waals surface area (Å²) in [5, 5.41) is 0. The largest absolute Gasteiger partial charge is 0.432 e. The number of rotatable bonds is 6. The van der Waals surface area contributed by atoms with Crippen LogP contribution in [0.2, 0.25) is 18.1 Å². The van der Waals surface area contributed by atoms with Crippen molar-refractivity contribution in [2.24, 2.45) is 17.8 Å². The first-order valence-corrected chi connectivity index (χ1v) is 8.54. The molecule has 90 valence electrons. The van der Waals surface area contributed by atoms with Gasteiger partial charge in [0.15, 0.2) is 8.32 Å². The van der Waals surface area contributed by atoms with E-state index in [0.29, 0.717) is 17.8 Å². The Morgan fingerprint density at radius 2 is 0.933 bits per heavy atom. The predicted molar refractivity (Wildman–Crippen MR) is 66.9 cm³/mol. The Hall–Kier alpha value is 1.06. The van der Waals surface area contributed by atoms with Crippen molar-refractivity contribution in [1.29, 1.82) is 0 Å². The van der Waals surface area contributed by atoms with Crippen LogP contribution in [-0.2, 0) is 26.2 Å². The van der Waals surface area contributed by atoms with Crippen molar-refractivity contribution in [3.8, 4) is 0 Å². The molecule has 0 saturated heterocycles. The second-order valence-electron chi connectivity index (χ2n) is 6.02. The van der Waals surface area contributed by atoms with E-state index in [-0.39, 0.29) is 26.2 Å². The maximum atomic E-state index is 10.7. The van der Waals surface area contributed by atoms with Crippen molar-refractivity contribution in [2.45, 2.75) is 59.7 Å². The summed E-state index contributed by atoms with van der Waals surface area (Å²) in [5.41, 5.74) is 0. The summed E-state index contributed by atoms with van der Waals surface area (Å²) in [7, 11) is -1.94. The van der Waals surface area contributed by atoms with E-state index in [1.54, 1.807) is 0 Å². The summed E-state index contributed by atoms with van der Waals surface area (Å²) in [6, 6.07) is 3.22. The molecule has 0 bridgehead atoms. The normalized spacial score (nSPS) is 12.4. The molecule has 1 N–H and O–H groups in total. The molecule has 0 rings (SSSR count). The van der Waals surface area contributed by atoms with E-state index >= 15 is 0 Å². The van der Waals surface area contributed by atoms with Crippen LogP contribution >= 0.6 is 0 Å². The summed E-state index contributed by atoms with van der Waals surface area (Å²) < 4.78 is 0. The van der Waals surface area contributed by atoms with Gasteiger partial charge in [0.2, 0.25) is 0 Å². The standard InChI is InChI=1S/C12H28OSi.Zr/c1-10(2)7-14(13,8-11(3)4)9-12(5)6;/h10-13H,7-9H2,1-6H3;. The Morgan fingerprint density at radius 1 is 0.733 bits per heavy atom.